The van der Waals surface area contributed by atoms with Gasteiger partial charge in [-0.2, -0.15) is 0 Å². The van der Waals surface area contributed by atoms with Gasteiger partial charge in [-0.1, -0.05) is 42.1 Å². The number of aryl methyl sites for hydroxylation is 1. The number of amides is 1. The Kier molecular flexibility index (Phi) is 4.99. The van der Waals surface area contributed by atoms with Crippen molar-refractivity contribution in [3.05, 3.63) is 59.9 Å². The van der Waals surface area contributed by atoms with Gasteiger partial charge < -0.3 is 11.2 Å². The van der Waals surface area contributed by atoms with E-state index in [9.17, 15) is 9.18 Å². The Balaban J connectivity index is 1.67. The van der Waals surface area contributed by atoms with Gasteiger partial charge in [0.2, 0.25) is 11.1 Å². The fraction of sp³-hybridized carbons (Fsp3) is 0.118. The molecule has 1 aromatic heterocycles. The predicted octanol–water partition coefficient (Wildman–Crippen LogP) is 2.84. The summed E-state index contributed by atoms with van der Waals surface area (Å²) in [5.41, 5.74) is 1.99. The van der Waals surface area contributed by atoms with Crippen molar-refractivity contribution in [1.29, 1.82) is 0 Å². The van der Waals surface area contributed by atoms with Crippen molar-refractivity contribution in [1.82, 2.24) is 14.9 Å². The zero-order valence-corrected chi connectivity index (χ0v) is 14.3. The number of carbonyl (C=O) groups is 1. The molecule has 1 amide bonds. The van der Waals surface area contributed by atoms with E-state index in [-0.39, 0.29) is 23.0 Å². The predicted molar refractivity (Wildman–Crippen MR) is 96.1 cm³/mol. The number of carbonyl (C=O) groups excluding carboxylic acids is 1. The Morgan fingerprint density at radius 3 is 2.68 bits per heavy atom. The first-order valence-electron chi connectivity index (χ1n) is 7.50. The molecular weight excluding hydrogens is 341 g/mol. The highest BCUT2D eigenvalue weighted by molar-refractivity contribution is 7.99. The van der Waals surface area contributed by atoms with Gasteiger partial charge in [0.25, 0.3) is 0 Å². The second kappa shape index (κ2) is 7.35. The minimum absolute atomic E-state index is 0.112. The standard InChI is InChI=1S/C17H16FN5OS/c1-11-6-2-5-9-14(11)20-15(24)10-25-17-22-21-16(23(17)19)12-7-3-4-8-13(12)18/h2-9H,10,19H2,1H3,(H,20,24). The van der Waals surface area contributed by atoms with E-state index < -0.39 is 5.82 Å². The molecule has 0 saturated carbocycles. The zero-order valence-electron chi connectivity index (χ0n) is 13.4. The van der Waals surface area contributed by atoms with Crippen LogP contribution >= 0.6 is 11.8 Å². The molecule has 0 saturated heterocycles. The number of thioether (sulfide) groups is 1. The minimum Gasteiger partial charge on any atom is -0.335 e. The van der Waals surface area contributed by atoms with E-state index in [1.807, 2.05) is 31.2 Å². The molecule has 128 valence electrons. The normalized spacial score (nSPS) is 10.6. The largest absolute Gasteiger partial charge is 0.335 e. The van der Waals surface area contributed by atoms with Crippen molar-refractivity contribution in [3.63, 3.8) is 0 Å². The van der Waals surface area contributed by atoms with Gasteiger partial charge in [0.15, 0.2) is 5.82 Å². The summed E-state index contributed by atoms with van der Waals surface area (Å²) in [5.74, 6) is 5.64. The maximum Gasteiger partial charge on any atom is 0.234 e. The number of nitrogens with zero attached hydrogens (tertiary/aromatic N) is 3. The highest BCUT2D eigenvalue weighted by Crippen LogP contribution is 2.24. The number of nitrogen functional groups attached to an aromatic ring is 1. The summed E-state index contributed by atoms with van der Waals surface area (Å²) in [4.78, 5) is 12.1. The van der Waals surface area contributed by atoms with Gasteiger partial charge >= 0.3 is 0 Å². The van der Waals surface area contributed by atoms with Crippen LogP contribution in [0, 0.1) is 12.7 Å². The Morgan fingerprint density at radius 2 is 1.92 bits per heavy atom. The maximum atomic E-state index is 13.9. The van der Waals surface area contributed by atoms with Crippen molar-refractivity contribution < 1.29 is 9.18 Å². The fourth-order valence-corrected chi connectivity index (χ4v) is 2.89. The van der Waals surface area contributed by atoms with Crippen LogP contribution in [-0.2, 0) is 4.79 Å². The number of hydrogen-bond acceptors (Lipinski definition) is 5. The van der Waals surface area contributed by atoms with E-state index in [2.05, 4.69) is 15.5 Å². The molecule has 0 atom stereocenters. The van der Waals surface area contributed by atoms with Crippen LogP contribution < -0.4 is 11.2 Å². The lowest BCUT2D eigenvalue weighted by Gasteiger charge is -2.08. The number of benzene rings is 2. The molecule has 3 aromatic rings. The highest BCUT2D eigenvalue weighted by atomic mass is 32.2. The van der Waals surface area contributed by atoms with Gasteiger partial charge in [-0.3, -0.25) is 4.79 Å². The lowest BCUT2D eigenvalue weighted by molar-refractivity contribution is -0.113. The fourth-order valence-electron chi connectivity index (χ4n) is 2.23. The van der Waals surface area contributed by atoms with Crippen molar-refractivity contribution in [3.8, 4) is 11.4 Å². The maximum absolute atomic E-state index is 13.9. The first-order chi connectivity index (χ1) is 12.1. The van der Waals surface area contributed by atoms with Gasteiger partial charge in [0, 0.05) is 5.69 Å². The minimum atomic E-state index is -0.435. The summed E-state index contributed by atoms with van der Waals surface area (Å²) < 4.78 is 15.0. The first kappa shape index (κ1) is 17.0. The summed E-state index contributed by atoms with van der Waals surface area (Å²) >= 11 is 1.13. The lowest BCUT2D eigenvalue weighted by Crippen LogP contribution is -2.17. The molecule has 0 aliphatic heterocycles. The molecule has 25 heavy (non-hydrogen) atoms. The van der Waals surface area contributed by atoms with E-state index in [0.717, 1.165) is 23.0 Å². The number of para-hydroxylation sites is 1. The van der Waals surface area contributed by atoms with Gasteiger partial charge in [-0.15, -0.1) is 10.2 Å². The smallest absolute Gasteiger partial charge is 0.234 e. The summed E-state index contributed by atoms with van der Waals surface area (Å²) in [6.45, 7) is 1.92. The van der Waals surface area contributed by atoms with E-state index in [1.54, 1.807) is 18.2 Å². The molecule has 0 bridgehead atoms. The molecule has 0 aliphatic rings. The SMILES string of the molecule is Cc1ccccc1NC(=O)CSc1nnc(-c2ccccc2F)n1N. The molecule has 0 spiro atoms. The Bertz CT molecular complexity index is 912. The summed E-state index contributed by atoms with van der Waals surface area (Å²) in [6, 6.07) is 13.7. The Morgan fingerprint density at radius 1 is 1.20 bits per heavy atom. The molecule has 8 heteroatoms. The van der Waals surface area contributed by atoms with E-state index in [1.165, 1.54) is 10.7 Å². The van der Waals surface area contributed by atoms with Crippen LogP contribution in [0.1, 0.15) is 5.56 Å². The van der Waals surface area contributed by atoms with Gasteiger partial charge in [0.1, 0.15) is 5.82 Å². The molecule has 1 heterocycles. The Labute approximate surface area is 148 Å². The molecule has 0 radical (unpaired) electrons. The zero-order chi connectivity index (χ0) is 17.8. The third kappa shape index (κ3) is 3.80. The van der Waals surface area contributed by atoms with Crippen LogP contribution in [0.15, 0.2) is 53.7 Å². The quantitative estimate of drug-likeness (QED) is 0.542. The molecule has 6 nitrogen and oxygen atoms in total. The lowest BCUT2D eigenvalue weighted by atomic mass is 10.2. The molecule has 3 rings (SSSR count). The van der Waals surface area contributed by atoms with E-state index in [0.29, 0.717) is 5.16 Å². The third-order valence-electron chi connectivity index (χ3n) is 3.53. The molecule has 0 unspecified atom stereocenters. The van der Waals surface area contributed by atoms with E-state index >= 15 is 0 Å². The van der Waals surface area contributed by atoms with Gasteiger partial charge in [-0.25, -0.2) is 9.07 Å². The van der Waals surface area contributed by atoms with Gasteiger partial charge in [-0.05, 0) is 30.7 Å². The second-order valence-electron chi connectivity index (χ2n) is 5.31. The van der Waals surface area contributed by atoms with Crippen LogP contribution in [-0.4, -0.2) is 26.5 Å². The second-order valence-corrected chi connectivity index (χ2v) is 6.25. The summed E-state index contributed by atoms with van der Waals surface area (Å²) in [7, 11) is 0. The van der Waals surface area contributed by atoms with E-state index in [4.69, 9.17) is 5.84 Å². The number of aromatic nitrogens is 3. The van der Waals surface area contributed by atoms with Crippen LogP contribution in [0.3, 0.4) is 0 Å². The van der Waals surface area contributed by atoms with Crippen molar-refractivity contribution >= 4 is 23.4 Å². The number of anilines is 1. The molecular formula is C17H16FN5OS. The molecule has 3 N–H and O–H groups in total. The number of nitrogens with two attached hydrogens (primary N) is 1. The van der Waals surface area contributed by atoms with Crippen LogP contribution in [0.25, 0.3) is 11.4 Å². The first-order valence-corrected chi connectivity index (χ1v) is 8.48. The van der Waals surface area contributed by atoms with Crippen molar-refractivity contribution in [2.75, 3.05) is 16.9 Å². The highest BCUT2D eigenvalue weighted by Gasteiger charge is 2.16. The molecule has 0 aliphatic carbocycles. The number of nitrogens with one attached hydrogen (secondary N) is 1. The number of rotatable bonds is 5. The Hall–Kier alpha value is -2.87. The number of halogens is 1. The summed E-state index contributed by atoms with van der Waals surface area (Å²) in [5, 5.41) is 11.0. The monoisotopic (exact) mass is 357 g/mol. The summed E-state index contributed by atoms with van der Waals surface area (Å²) in [6.07, 6.45) is 0. The third-order valence-corrected chi connectivity index (χ3v) is 4.47. The van der Waals surface area contributed by atoms with Crippen LogP contribution in [0.5, 0.6) is 0 Å². The van der Waals surface area contributed by atoms with Gasteiger partial charge in [0.05, 0.1) is 11.3 Å². The average molecular weight is 357 g/mol. The van der Waals surface area contributed by atoms with Crippen LogP contribution in [0.2, 0.25) is 0 Å². The van der Waals surface area contributed by atoms with Crippen molar-refractivity contribution in [2.45, 2.75) is 12.1 Å². The average Bonchev–Trinajstić information content (AvgIpc) is 2.96. The van der Waals surface area contributed by atoms with Crippen molar-refractivity contribution in [2.24, 2.45) is 0 Å². The molecule has 2 aromatic carbocycles. The van der Waals surface area contributed by atoms with Crippen LogP contribution in [0.4, 0.5) is 10.1 Å². The topological polar surface area (TPSA) is 85.8 Å². The number of hydrogen-bond donors (Lipinski definition) is 2. The molecule has 0 fully saturated rings.